The summed E-state index contributed by atoms with van der Waals surface area (Å²) in [7, 11) is 0. The van der Waals surface area contributed by atoms with Gasteiger partial charge in [0.1, 0.15) is 4.88 Å². The standard InChI is InChI=1S/C18H16F3N5OS/c1-9-7-11(13-5-6-23-17(22)26-13)3-4-12(9)10(2)25-15(27)14-8-24-16(28-14)18(19,20)21/h3-8,10H,1-2H3,(H,25,27)(H2,22,23,26). The van der Waals surface area contributed by atoms with E-state index in [0.29, 0.717) is 17.0 Å². The minimum Gasteiger partial charge on any atom is -0.368 e. The number of hydrogen-bond acceptors (Lipinski definition) is 6. The lowest BCUT2D eigenvalue weighted by molar-refractivity contribution is -0.137. The Morgan fingerprint density at radius 2 is 2.00 bits per heavy atom. The third-order valence-electron chi connectivity index (χ3n) is 4.03. The summed E-state index contributed by atoms with van der Waals surface area (Å²) >= 11 is 0.316. The first-order valence-corrected chi connectivity index (χ1v) is 9.00. The molecule has 146 valence electrons. The smallest absolute Gasteiger partial charge is 0.368 e. The Morgan fingerprint density at radius 3 is 2.61 bits per heavy atom. The largest absolute Gasteiger partial charge is 0.443 e. The molecule has 1 amide bonds. The predicted octanol–water partition coefficient (Wildman–Crippen LogP) is 4.00. The van der Waals surface area contributed by atoms with Crippen LogP contribution in [-0.2, 0) is 6.18 Å². The molecule has 3 aromatic rings. The van der Waals surface area contributed by atoms with Crippen molar-refractivity contribution in [3.8, 4) is 11.3 Å². The Hall–Kier alpha value is -3.01. The highest BCUT2D eigenvalue weighted by Crippen LogP contribution is 2.32. The molecule has 2 heterocycles. The minimum atomic E-state index is -4.56. The van der Waals surface area contributed by atoms with Crippen molar-refractivity contribution >= 4 is 23.2 Å². The van der Waals surface area contributed by atoms with E-state index in [0.717, 1.165) is 22.9 Å². The van der Waals surface area contributed by atoms with E-state index in [4.69, 9.17) is 5.73 Å². The zero-order chi connectivity index (χ0) is 20.5. The number of aryl methyl sites for hydroxylation is 1. The van der Waals surface area contributed by atoms with Crippen LogP contribution in [0.4, 0.5) is 19.1 Å². The van der Waals surface area contributed by atoms with E-state index in [2.05, 4.69) is 20.3 Å². The van der Waals surface area contributed by atoms with Crippen LogP contribution in [0.25, 0.3) is 11.3 Å². The Bertz CT molecular complexity index is 1020. The van der Waals surface area contributed by atoms with Crippen molar-refractivity contribution < 1.29 is 18.0 Å². The van der Waals surface area contributed by atoms with Crippen molar-refractivity contribution in [1.29, 1.82) is 0 Å². The fourth-order valence-electron chi connectivity index (χ4n) is 2.71. The van der Waals surface area contributed by atoms with Gasteiger partial charge in [-0.25, -0.2) is 15.0 Å². The van der Waals surface area contributed by atoms with Gasteiger partial charge in [0.15, 0.2) is 5.01 Å². The van der Waals surface area contributed by atoms with Crippen LogP contribution in [0.15, 0.2) is 36.7 Å². The number of anilines is 1. The number of amides is 1. The number of nitrogens with one attached hydrogen (secondary N) is 1. The normalized spacial score (nSPS) is 12.6. The van der Waals surface area contributed by atoms with Gasteiger partial charge in [-0.15, -0.1) is 11.3 Å². The average Bonchev–Trinajstić information content (AvgIpc) is 3.12. The van der Waals surface area contributed by atoms with Gasteiger partial charge in [0, 0.05) is 11.8 Å². The summed E-state index contributed by atoms with van der Waals surface area (Å²) in [5.41, 5.74) is 8.84. The summed E-state index contributed by atoms with van der Waals surface area (Å²) in [5, 5.41) is 1.66. The zero-order valence-corrected chi connectivity index (χ0v) is 15.7. The Balaban J connectivity index is 1.76. The maximum atomic E-state index is 12.6. The van der Waals surface area contributed by atoms with Crippen LogP contribution in [0.1, 0.15) is 38.8 Å². The molecule has 0 radical (unpaired) electrons. The molecule has 0 bridgehead atoms. The number of hydrogen-bond donors (Lipinski definition) is 2. The molecule has 28 heavy (non-hydrogen) atoms. The van der Waals surface area contributed by atoms with Gasteiger partial charge in [0.2, 0.25) is 5.95 Å². The number of carbonyl (C=O) groups excluding carboxylic acids is 1. The summed E-state index contributed by atoms with van der Waals surface area (Å²) in [4.78, 5) is 23.5. The first-order chi connectivity index (χ1) is 13.1. The molecular weight excluding hydrogens is 391 g/mol. The number of nitrogen functional groups attached to an aromatic ring is 1. The van der Waals surface area contributed by atoms with Crippen molar-refractivity contribution in [1.82, 2.24) is 20.3 Å². The number of rotatable bonds is 4. The molecule has 1 atom stereocenters. The highest BCUT2D eigenvalue weighted by Gasteiger charge is 2.35. The molecule has 0 aliphatic carbocycles. The van der Waals surface area contributed by atoms with Crippen LogP contribution >= 0.6 is 11.3 Å². The lowest BCUT2D eigenvalue weighted by Crippen LogP contribution is -2.26. The second kappa shape index (κ2) is 7.55. The monoisotopic (exact) mass is 407 g/mol. The van der Waals surface area contributed by atoms with E-state index in [9.17, 15) is 18.0 Å². The van der Waals surface area contributed by atoms with E-state index in [1.807, 2.05) is 25.1 Å². The first-order valence-electron chi connectivity index (χ1n) is 8.18. The van der Waals surface area contributed by atoms with Crippen LogP contribution in [0.5, 0.6) is 0 Å². The molecule has 3 rings (SSSR count). The summed E-state index contributed by atoms with van der Waals surface area (Å²) in [6, 6.07) is 6.89. The van der Waals surface area contributed by atoms with Gasteiger partial charge in [0.25, 0.3) is 5.91 Å². The lowest BCUT2D eigenvalue weighted by atomic mass is 9.98. The zero-order valence-electron chi connectivity index (χ0n) is 14.9. The lowest BCUT2D eigenvalue weighted by Gasteiger charge is -2.17. The number of alkyl halides is 3. The number of halogens is 3. The summed E-state index contributed by atoms with van der Waals surface area (Å²) < 4.78 is 37.9. The molecule has 1 aromatic carbocycles. The molecule has 0 saturated heterocycles. The fraction of sp³-hybridized carbons (Fsp3) is 0.222. The molecule has 0 aliphatic rings. The molecule has 2 aromatic heterocycles. The van der Waals surface area contributed by atoms with Crippen molar-refractivity contribution in [2.24, 2.45) is 0 Å². The molecule has 6 nitrogen and oxygen atoms in total. The highest BCUT2D eigenvalue weighted by atomic mass is 32.1. The second-order valence-electron chi connectivity index (χ2n) is 6.09. The maximum Gasteiger partial charge on any atom is 0.443 e. The molecule has 1 unspecified atom stereocenters. The number of nitrogens with two attached hydrogens (primary N) is 1. The fourth-order valence-corrected chi connectivity index (χ4v) is 3.40. The number of aromatic nitrogens is 3. The number of carbonyl (C=O) groups is 1. The van der Waals surface area contributed by atoms with Crippen molar-refractivity contribution in [3.63, 3.8) is 0 Å². The third-order valence-corrected chi connectivity index (χ3v) is 5.07. The topological polar surface area (TPSA) is 93.8 Å². The number of benzene rings is 1. The quantitative estimate of drug-likeness (QED) is 0.682. The van der Waals surface area contributed by atoms with Gasteiger partial charge in [-0.2, -0.15) is 13.2 Å². The molecule has 0 aliphatic heterocycles. The SMILES string of the molecule is Cc1cc(-c2ccnc(N)n2)ccc1C(C)NC(=O)c1cnc(C(F)(F)F)s1. The molecule has 3 N–H and O–H groups in total. The predicted molar refractivity (Wildman–Crippen MR) is 99.6 cm³/mol. The van der Waals surface area contributed by atoms with Crippen LogP contribution in [-0.4, -0.2) is 20.9 Å². The molecule has 0 spiro atoms. The van der Waals surface area contributed by atoms with E-state index < -0.39 is 23.1 Å². The molecule has 0 saturated carbocycles. The van der Waals surface area contributed by atoms with E-state index >= 15 is 0 Å². The molecular formula is C18H16F3N5OS. The van der Waals surface area contributed by atoms with Crippen LogP contribution in [0.3, 0.4) is 0 Å². The van der Waals surface area contributed by atoms with Crippen molar-refractivity contribution in [2.45, 2.75) is 26.1 Å². The number of nitrogens with zero attached hydrogens (tertiary/aromatic N) is 3. The van der Waals surface area contributed by atoms with Crippen molar-refractivity contribution in [3.05, 3.63) is 57.7 Å². The average molecular weight is 407 g/mol. The minimum absolute atomic E-state index is 0.0927. The third kappa shape index (κ3) is 4.28. The van der Waals surface area contributed by atoms with Crippen LogP contribution in [0, 0.1) is 6.92 Å². The van der Waals surface area contributed by atoms with E-state index in [1.165, 1.54) is 0 Å². The van der Waals surface area contributed by atoms with Crippen molar-refractivity contribution in [2.75, 3.05) is 5.73 Å². The van der Waals surface area contributed by atoms with E-state index in [1.54, 1.807) is 19.2 Å². The van der Waals surface area contributed by atoms with Crippen LogP contribution < -0.4 is 11.1 Å². The maximum absolute atomic E-state index is 12.6. The van der Waals surface area contributed by atoms with Gasteiger partial charge in [-0.1, -0.05) is 12.1 Å². The summed E-state index contributed by atoms with van der Waals surface area (Å²) in [6.07, 6.45) is -2.06. The Morgan fingerprint density at radius 1 is 1.25 bits per heavy atom. The number of thiazole rings is 1. The summed E-state index contributed by atoms with van der Waals surface area (Å²) in [5.74, 6) is -0.435. The van der Waals surface area contributed by atoms with Gasteiger partial charge in [-0.3, -0.25) is 4.79 Å². The van der Waals surface area contributed by atoms with Gasteiger partial charge >= 0.3 is 6.18 Å². The van der Waals surface area contributed by atoms with E-state index in [-0.39, 0.29) is 10.8 Å². The van der Waals surface area contributed by atoms with Gasteiger partial charge in [0.05, 0.1) is 17.9 Å². The summed E-state index contributed by atoms with van der Waals surface area (Å²) in [6.45, 7) is 3.63. The Labute approximate surface area is 162 Å². The molecule has 0 fully saturated rings. The van der Waals surface area contributed by atoms with Gasteiger partial charge < -0.3 is 11.1 Å². The van der Waals surface area contributed by atoms with Crippen LogP contribution in [0.2, 0.25) is 0 Å². The first kappa shape index (κ1) is 19.7. The molecule has 10 heteroatoms. The highest BCUT2D eigenvalue weighted by molar-refractivity contribution is 7.13. The Kier molecular flexibility index (Phi) is 5.32. The second-order valence-corrected chi connectivity index (χ2v) is 7.12. The van der Waals surface area contributed by atoms with Gasteiger partial charge in [-0.05, 0) is 37.1 Å².